The molecule has 1 aromatic heterocycles. The molecular formula is C11H9ClN2O. The Hall–Kier alpha value is -1.61. The standard InChI is InChI=1S/C11H9ClN2O/c1-8(15)11-6-14(7-13-11)10-4-2-3-9(12)5-10/h2-7H,1H3. The van der Waals surface area contributed by atoms with Gasteiger partial charge in [-0.1, -0.05) is 17.7 Å². The molecule has 0 N–H and O–H groups in total. The van der Waals surface area contributed by atoms with Crippen molar-refractivity contribution in [3.8, 4) is 5.69 Å². The Kier molecular flexibility index (Phi) is 2.56. The number of halogens is 1. The van der Waals surface area contributed by atoms with E-state index < -0.39 is 0 Å². The average Bonchev–Trinajstić information content (AvgIpc) is 2.66. The first-order valence-corrected chi connectivity index (χ1v) is 4.85. The molecule has 0 aliphatic carbocycles. The Morgan fingerprint density at radius 3 is 2.87 bits per heavy atom. The number of ketones is 1. The van der Waals surface area contributed by atoms with Gasteiger partial charge in [0.1, 0.15) is 12.0 Å². The molecular weight excluding hydrogens is 212 g/mol. The van der Waals surface area contributed by atoms with Crippen LogP contribution in [0.15, 0.2) is 36.8 Å². The predicted molar refractivity (Wildman–Crippen MR) is 58.6 cm³/mol. The molecule has 4 heteroatoms. The molecule has 0 saturated carbocycles. The monoisotopic (exact) mass is 220 g/mol. The van der Waals surface area contributed by atoms with Crippen molar-refractivity contribution in [3.63, 3.8) is 0 Å². The number of hydrogen-bond donors (Lipinski definition) is 0. The van der Waals surface area contributed by atoms with E-state index in [1.807, 2.05) is 18.2 Å². The lowest BCUT2D eigenvalue weighted by Crippen LogP contribution is -1.92. The highest BCUT2D eigenvalue weighted by Crippen LogP contribution is 2.14. The zero-order valence-corrected chi connectivity index (χ0v) is 8.90. The number of benzene rings is 1. The molecule has 15 heavy (non-hydrogen) atoms. The molecule has 0 aliphatic rings. The number of nitrogens with zero attached hydrogens (tertiary/aromatic N) is 2. The zero-order chi connectivity index (χ0) is 10.8. The summed E-state index contributed by atoms with van der Waals surface area (Å²) in [6.45, 7) is 1.49. The van der Waals surface area contributed by atoms with E-state index >= 15 is 0 Å². The fourth-order valence-corrected chi connectivity index (χ4v) is 1.47. The van der Waals surface area contributed by atoms with Crippen LogP contribution >= 0.6 is 11.6 Å². The first-order valence-electron chi connectivity index (χ1n) is 4.47. The highest BCUT2D eigenvalue weighted by Gasteiger charge is 2.04. The maximum Gasteiger partial charge on any atom is 0.179 e. The van der Waals surface area contributed by atoms with Crippen LogP contribution in [0, 0.1) is 0 Å². The molecule has 76 valence electrons. The number of rotatable bonds is 2. The zero-order valence-electron chi connectivity index (χ0n) is 8.14. The Labute approximate surface area is 92.3 Å². The van der Waals surface area contributed by atoms with Gasteiger partial charge in [-0.25, -0.2) is 4.98 Å². The summed E-state index contributed by atoms with van der Waals surface area (Å²) >= 11 is 5.86. The van der Waals surface area contributed by atoms with Crippen molar-refractivity contribution >= 4 is 17.4 Å². The van der Waals surface area contributed by atoms with Gasteiger partial charge in [0.25, 0.3) is 0 Å². The molecule has 0 radical (unpaired) electrons. The summed E-state index contributed by atoms with van der Waals surface area (Å²) in [5.74, 6) is -0.0456. The topological polar surface area (TPSA) is 34.9 Å². The Bertz CT molecular complexity index is 505. The first kappa shape index (κ1) is 9.93. The molecule has 3 nitrogen and oxygen atoms in total. The first-order chi connectivity index (χ1) is 7.16. The van der Waals surface area contributed by atoms with Crippen LogP contribution < -0.4 is 0 Å². The summed E-state index contributed by atoms with van der Waals surface area (Å²) < 4.78 is 1.77. The van der Waals surface area contributed by atoms with Crippen molar-refractivity contribution in [1.29, 1.82) is 0 Å². The quantitative estimate of drug-likeness (QED) is 0.730. The molecule has 1 heterocycles. The maximum absolute atomic E-state index is 11.1. The molecule has 0 fully saturated rings. The fraction of sp³-hybridized carbons (Fsp3) is 0.0909. The number of carbonyl (C=O) groups excluding carboxylic acids is 1. The lowest BCUT2D eigenvalue weighted by atomic mass is 10.3. The second-order valence-electron chi connectivity index (χ2n) is 3.20. The third-order valence-electron chi connectivity index (χ3n) is 2.05. The molecule has 1 aromatic carbocycles. The SMILES string of the molecule is CC(=O)c1cn(-c2cccc(Cl)c2)cn1. The van der Waals surface area contributed by atoms with Crippen LogP contribution in [-0.2, 0) is 0 Å². The second-order valence-corrected chi connectivity index (χ2v) is 3.64. The minimum Gasteiger partial charge on any atom is -0.305 e. The molecule has 0 unspecified atom stereocenters. The summed E-state index contributed by atoms with van der Waals surface area (Å²) in [6.07, 6.45) is 3.29. The summed E-state index contributed by atoms with van der Waals surface area (Å²) in [6, 6.07) is 7.36. The Morgan fingerprint density at radius 2 is 2.27 bits per heavy atom. The van der Waals surface area contributed by atoms with E-state index in [2.05, 4.69) is 4.98 Å². The van der Waals surface area contributed by atoms with Crippen molar-refractivity contribution < 1.29 is 4.79 Å². The molecule has 2 aromatic rings. The lowest BCUT2D eigenvalue weighted by Gasteiger charge is -2.00. The largest absolute Gasteiger partial charge is 0.305 e. The van der Waals surface area contributed by atoms with E-state index in [4.69, 9.17) is 11.6 Å². The van der Waals surface area contributed by atoms with Gasteiger partial charge >= 0.3 is 0 Å². The van der Waals surface area contributed by atoms with Crippen LogP contribution in [0.5, 0.6) is 0 Å². The van der Waals surface area contributed by atoms with Gasteiger partial charge in [-0.15, -0.1) is 0 Å². The summed E-state index contributed by atoms with van der Waals surface area (Å²) in [4.78, 5) is 15.0. The summed E-state index contributed by atoms with van der Waals surface area (Å²) in [7, 11) is 0. The van der Waals surface area contributed by atoms with Gasteiger partial charge < -0.3 is 4.57 Å². The lowest BCUT2D eigenvalue weighted by molar-refractivity contribution is 0.101. The number of imidazole rings is 1. The van der Waals surface area contributed by atoms with Gasteiger partial charge in [-0.2, -0.15) is 0 Å². The van der Waals surface area contributed by atoms with Gasteiger partial charge in [0, 0.05) is 23.8 Å². The van der Waals surface area contributed by atoms with Crippen LogP contribution in [0.3, 0.4) is 0 Å². The minimum absolute atomic E-state index is 0.0456. The highest BCUT2D eigenvalue weighted by molar-refractivity contribution is 6.30. The number of Topliss-reactive ketones (excluding diaryl/α,β-unsaturated/α-hetero) is 1. The van der Waals surface area contributed by atoms with E-state index in [9.17, 15) is 4.79 Å². The van der Waals surface area contributed by atoms with Crippen LogP contribution in [0.25, 0.3) is 5.69 Å². The van der Waals surface area contributed by atoms with Gasteiger partial charge in [0.2, 0.25) is 0 Å². The second kappa shape index (κ2) is 3.87. The van der Waals surface area contributed by atoms with Gasteiger partial charge in [0.15, 0.2) is 5.78 Å². The maximum atomic E-state index is 11.1. The number of aromatic nitrogens is 2. The predicted octanol–water partition coefficient (Wildman–Crippen LogP) is 2.73. The Balaban J connectivity index is 2.41. The van der Waals surface area contributed by atoms with E-state index in [0.717, 1.165) is 5.69 Å². The van der Waals surface area contributed by atoms with E-state index in [-0.39, 0.29) is 5.78 Å². The van der Waals surface area contributed by atoms with Crippen molar-refractivity contribution in [2.24, 2.45) is 0 Å². The molecule has 0 aliphatic heterocycles. The third-order valence-corrected chi connectivity index (χ3v) is 2.28. The van der Waals surface area contributed by atoms with Crippen LogP contribution in [0.1, 0.15) is 17.4 Å². The van der Waals surface area contributed by atoms with Crippen molar-refractivity contribution in [2.75, 3.05) is 0 Å². The normalized spacial score (nSPS) is 10.3. The van der Waals surface area contributed by atoms with Gasteiger partial charge in [-0.3, -0.25) is 4.79 Å². The molecule has 0 bridgehead atoms. The highest BCUT2D eigenvalue weighted by atomic mass is 35.5. The van der Waals surface area contributed by atoms with Crippen molar-refractivity contribution in [3.05, 3.63) is 47.5 Å². The van der Waals surface area contributed by atoms with E-state index in [0.29, 0.717) is 10.7 Å². The molecule has 0 spiro atoms. The summed E-state index contributed by atoms with van der Waals surface area (Å²) in [5, 5.41) is 0.658. The van der Waals surface area contributed by atoms with Crippen LogP contribution in [0.2, 0.25) is 5.02 Å². The van der Waals surface area contributed by atoms with E-state index in [1.165, 1.54) is 6.92 Å². The molecule has 0 amide bonds. The molecule has 0 atom stereocenters. The van der Waals surface area contributed by atoms with E-state index in [1.54, 1.807) is 23.2 Å². The molecule has 0 saturated heterocycles. The average molecular weight is 221 g/mol. The van der Waals surface area contributed by atoms with Crippen LogP contribution in [0.4, 0.5) is 0 Å². The van der Waals surface area contributed by atoms with Crippen molar-refractivity contribution in [2.45, 2.75) is 6.92 Å². The number of carbonyl (C=O) groups is 1. The fourth-order valence-electron chi connectivity index (χ4n) is 1.28. The molecule has 2 rings (SSSR count). The summed E-state index contributed by atoms with van der Waals surface area (Å²) in [5.41, 5.74) is 1.34. The number of hydrogen-bond acceptors (Lipinski definition) is 2. The van der Waals surface area contributed by atoms with Crippen molar-refractivity contribution in [1.82, 2.24) is 9.55 Å². The third kappa shape index (κ3) is 2.07. The van der Waals surface area contributed by atoms with Gasteiger partial charge in [-0.05, 0) is 18.2 Å². The Morgan fingerprint density at radius 1 is 1.47 bits per heavy atom. The smallest absolute Gasteiger partial charge is 0.179 e. The van der Waals surface area contributed by atoms with Crippen LogP contribution in [-0.4, -0.2) is 15.3 Å². The minimum atomic E-state index is -0.0456. The van der Waals surface area contributed by atoms with Gasteiger partial charge in [0.05, 0.1) is 0 Å².